The Morgan fingerprint density at radius 2 is 2.26 bits per heavy atom. The molecule has 1 saturated carbocycles. The zero-order chi connectivity index (χ0) is 16.4. The van der Waals surface area contributed by atoms with E-state index in [0.29, 0.717) is 22.3 Å². The van der Waals surface area contributed by atoms with E-state index < -0.39 is 12.5 Å². The van der Waals surface area contributed by atoms with E-state index in [1.54, 1.807) is 6.07 Å². The van der Waals surface area contributed by atoms with Gasteiger partial charge < -0.3 is 10.6 Å². The number of H-pyrrole nitrogens is 1. The molecule has 9 heteroatoms. The lowest BCUT2D eigenvalue weighted by atomic mass is 10.2. The fraction of sp³-hybridized carbons (Fsp3) is 0.357. The monoisotopic (exact) mass is 339 g/mol. The molecule has 1 fully saturated rings. The Hall–Kier alpha value is -2.29. The predicted octanol–water partition coefficient (Wildman–Crippen LogP) is 3.53. The second kappa shape index (κ2) is 6.45. The summed E-state index contributed by atoms with van der Waals surface area (Å²) in [5.41, 5.74) is 0.166. The van der Waals surface area contributed by atoms with Crippen molar-refractivity contribution in [3.8, 4) is 0 Å². The van der Waals surface area contributed by atoms with Crippen LogP contribution in [0.25, 0.3) is 0 Å². The van der Waals surface area contributed by atoms with Gasteiger partial charge in [-0.15, -0.1) is 0 Å². The van der Waals surface area contributed by atoms with E-state index in [-0.39, 0.29) is 12.1 Å². The van der Waals surface area contributed by atoms with Crippen LogP contribution < -0.4 is 10.6 Å². The van der Waals surface area contributed by atoms with Crippen LogP contribution in [-0.2, 0) is 6.54 Å². The maximum Gasteiger partial charge on any atom is 0.319 e. The molecule has 0 bridgehead atoms. The van der Waals surface area contributed by atoms with Crippen LogP contribution in [0.4, 0.5) is 19.3 Å². The summed E-state index contributed by atoms with van der Waals surface area (Å²) < 4.78 is 27.7. The van der Waals surface area contributed by atoms with Gasteiger partial charge >= 0.3 is 6.03 Å². The molecule has 2 amide bonds. The molecule has 0 unspecified atom stereocenters. The van der Waals surface area contributed by atoms with E-state index >= 15 is 0 Å². The topological polar surface area (TPSA) is 74.7 Å². The quantitative estimate of drug-likeness (QED) is 0.730. The predicted molar refractivity (Wildman–Crippen MR) is 82.9 cm³/mol. The maximum atomic E-state index is 12.6. The molecule has 0 atom stereocenters. The van der Waals surface area contributed by atoms with Crippen LogP contribution in [0.1, 0.15) is 36.7 Å². The second-order valence-corrected chi connectivity index (χ2v) is 5.67. The molecule has 23 heavy (non-hydrogen) atoms. The van der Waals surface area contributed by atoms with E-state index in [1.165, 1.54) is 18.2 Å². The number of halogens is 2. The first-order valence-electron chi connectivity index (χ1n) is 7.13. The fourth-order valence-electron chi connectivity index (χ4n) is 2.26. The van der Waals surface area contributed by atoms with Gasteiger partial charge in [-0.05, 0) is 37.2 Å². The van der Waals surface area contributed by atoms with Crippen molar-refractivity contribution in [1.29, 1.82) is 0 Å². The minimum atomic E-state index is -2.58. The van der Waals surface area contributed by atoms with Crippen molar-refractivity contribution in [2.45, 2.75) is 31.9 Å². The molecule has 1 aliphatic carbocycles. The zero-order valence-electron chi connectivity index (χ0n) is 12.1. The Balaban J connectivity index is 1.60. The summed E-state index contributed by atoms with van der Waals surface area (Å²) in [5, 5.41) is 12.0. The number of nitrogens with zero attached hydrogens (tertiary/aromatic N) is 2. The third kappa shape index (κ3) is 3.73. The highest BCUT2D eigenvalue weighted by molar-refractivity contribution is 7.71. The number of carbonyl (C=O) groups excluding carboxylic acids is 1. The van der Waals surface area contributed by atoms with Crippen molar-refractivity contribution in [1.82, 2.24) is 20.1 Å². The number of carbonyl (C=O) groups is 1. The summed E-state index contributed by atoms with van der Waals surface area (Å²) in [7, 11) is 0. The second-order valence-electron chi connectivity index (χ2n) is 5.28. The van der Waals surface area contributed by atoms with Crippen molar-refractivity contribution in [2.24, 2.45) is 0 Å². The molecule has 3 N–H and O–H groups in total. The number of amides is 2. The van der Waals surface area contributed by atoms with Crippen molar-refractivity contribution in [3.05, 3.63) is 40.4 Å². The van der Waals surface area contributed by atoms with Crippen molar-refractivity contribution in [3.63, 3.8) is 0 Å². The summed E-state index contributed by atoms with van der Waals surface area (Å²) in [6.45, 7) is 0.198. The van der Waals surface area contributed by atoms with Gasteiger partial charge in [0.15, 0.2) is 10.6 Å². The maximum absolute atomic E-state index is 12.6. The fourth-order valence-corrected chi connectivity index (χ4v) is 2.56. The first-order chi connectivity index (χ1) is 11.0. The van der Waals surface area contributed by atoms with E-state index in [4.69, 9.17) is 12.2 Å². The molecule has 2 aromatic rings. The van der Waals surface area contributed by atoms with Crippen LogP contribution in [0.15, 0.2) is 24.3 Å². The van der Waals surface area contributed by atoms with Crippen LogP contribution >= 0.6 is 12.2 Å². The van der Waals surface area contributed by atoms with E-state index in [9.17, 15) is 13.6 Å². The number of hydrogen-bond acceptors (Lipinski definition) is 3. The standard InChI is InChI=1S/C14H15F2N5OS/c15-12(16)8-2-1-3-9(6-8)18-13(22)17-7-11-19-20-14(23)21(11)10-4-5-10/h1-3,6,10,12H,4-5,7H2,(H,20,23)(H2,17,18,22). The largest absolute Gasteiger partial charge is 0.331 e. The normalized spacial score (nSPS) is 14.0. The van der Waals surface area contributed by atoms with Gasteiger partial charge in [0.25, 0.3) is 6.43 Å². The van der Waals surface area contributed by atoms with Gasteiger partial charge in [0.1, 0.15) is 0 Å². The molecule has 0 radical (unpaired) electrons. The molecule has 6 nitrogen and oxygen atoms in total. The highest BCUT2D eigenvalue weighted by atomic mass is 32.1. The van der Waals surface area contributed by atoms with Crippen LogP contribution in [-0.4, -0.2) is 20.8 Å². The molecule has 1 aliphatic rings. The molecule has 3 rings (SSSR count). The number of alkyl halides is 2. The summed E-state index contributed by atoms with van der Waals surface area (Å²) >= 11 is 5.16. The summed E-state index contributed by atoms with van der Waals surface area (Å²) in [4.78, 5) is 11.9. The van der Waals surface area contributed by atoms with Crippen LogP contribution in [0.3, 0.4) is 0 Å². The Morgan fingerprint density at radius 1 is 1.48 bits per heavy atom. The Labute approximate surface area is 135 Å². The number of anilines is 1. The van der Waals surface area contributed by atoms with Gasteiger partial charge in [0, 0.05) is 17.3 Å². The number of urea groups is 1. The average Bonchev–Trinajstić information content (AvgIpc) is 3.28. The lowest BCUT2D eigenvalue weighted by molar-refractivity contribution is 0.151. The zero-order valence-corrected chi connectivity index (χ0v) is 12.9. The molecular formula is C14H15F2N5OS. The molecule has 0 aliphatic heterocycles. The van der Waals surface area contributed by atoms with E-state index in [0.717, 1.165) is 12.8 Å². The number of rotatable bonds is 5. The molecule has 1 aromatic carbocycles. The van der Waals surface area contributed by atoms with E-state index in [2.05, 4.69) is 20.8 Å². The van der Waals surface area contributed by atoms with Gasteiger partial charge in [-0.1, -0.05) is 12.1 Å². The number of hydrogen-bond donors (Lipinski definition) is 3. The molecule has 0 saturated heterocycles. The molecule has 1 aromatic heterocycles. The van der Waals surface area contributed by atoms with Gasteiger partial charge in [0.2, 0.25) is 0 Å². The van der Waals surface area contributed by atoms with Crippen LogP contribution in [0.5, 0.6) is 0 Å². The number of aromatic nitrogens is 3. The van der Waals surface area contributed by atoms with Crippen molar-refractivity contribution < 1.29 is 13.6 Å². The van der Waals surface area contributed by atoms with Crippen LogP contribution in [0, 0.1) is 4.77 Å². The first kappa shape index (κ1) is 15.6. The number of benzene rings is 1. The average molecular weight is 339 g/mol. The minimum Gasteiger partial charge on any atom is -0.331 e. The third-order valence-corrected chi connectivity index (χ3v) is 3.78. The Kier molecular flexibility index (Phi) is 4.37. The highest BCUT2D eigenvalue weighted by Gasteiger charge is 2.27. The first-order valence-corrected chi connectivity index (χ1v) is 7.54. The molecule has 122 valence electrons. The van der Waals surface area contributed by atoms with Crippen molar-refractivity contribution in [2.75, 3.05) is 5.32 Å². The molecular weight excluding hydrogens is 324 g/mol. The smallest absolute Gasteiger partial charge is 0.319 e. The van der Waals surface area contributed by atoms with E-state index in [1.807, 2.05) is 4.57 Å². The lowest BCUT2D eigenvalue weighted by Crippen LogP contribution is -2.29. The molecule has 0 spiro atoms. The summed E-state index contributed by atoms with van der Waals surface area (Å²) in [5.74, 6) is 0.647. The third-order valence-electron chi connectivity index (χ3n) is 3.49. The summed E-state index contributed by atoms with van der Waals surface area (Å²) in [6, 6.07) is 5.42. The molecule has 1 heterocycles. The minimum absolute atomic E-state index is 0.141. The number of nitrogens with one attached hydrogen (secondary N) is 3. The Bertz CT molecular complexity index is 769. The summed E-state index contributed by atoms with van der Waals surface area (Å²) in [6.07, 6.45) is -0.479. The number of aromatic amines is 1. The van der Waals surface area contributed by atoms with Crippen LogP contribution in [0.2, 0.25) is 0 Å². The van der Waals surface area contributed by atoms with Gasteiger partial charge in [0.05, 0.1) is 6.54 Å². The Morgan fingerprint density at radius 3 is 2.96 bits per heavy atom. The van der Waals surface area contributed by atoms with Gasteiger partial charge in [-0.2, -0.15) is 5.10 Å². The van der Waals surface area contributed by atoms with Gasteiger partial charge in [-0.25, -0.2) is 13.6 Å². The lowest BCUT2D eigenvalue weighted by Gasteiger charge is -2.09. The van der Waals surface area contributed by atoms with Crippen molar-refractivity contribution >= 4 is 23.9 Å². The van der Waals surface area contributed by atoms with Gasteiger partial charge in [-0.3, -0.25) is 9.67 Å². The SMILES string of the molecule is O=C(NCc1n[nH]c(=S)n1C1CC1)Nc1cccc(C(F)F)c1. The highest BCUT2D eigenvalue weighted by Crippen LogP contribution is 2.35.